The van der Waals surface area contributed by atoms with Crippen molar-refractivity contribution >= 4 is 17.8 Å². The lowest BCUT2D eigenvalue weighted by molar-refractivity contribution is 0.137. The molecule has 0 aromatic carbocycles. The van der Waals surface area contributed by atoms with Crippen molar-refractivity contribution in [3.05, 3.63) is 0 Å². The minimum absolute atomic E-state index is 0.400. The largest absolute Gasteiger partial charge is 0.503 e. The molecule has 2 N–H and O–H groups in total. The van der Waals surface area contributed by atoms with Crippen LogP contribution in [0.15, 0.2) is 0 Å². The average Bonchev–Trinajstić information content (AvgIpc) is 2.43. The van der Waals surface area contributed by atoms with Crippen LogP contribution in [0.2, 0.25) is 0 Å². The van der Waals surface area contributed by atoms with Gasteiger partial charge in [-0.05, 0) is 0 Å². The van der Waals surface area contributed by atoms with Gasteiger partial charge >= 0.3 is 6.16 Å². The fraction of sp³-hybridized carbons (Fsp3) is 0.750. The van der Waals surface area contributed by atoms with Crippen LogP contribution >= 0.6 is 11.6 Å². The Balaban J connectivity index is 0.000000148. The first-order valence-electron chi connectivity index (χ1n) is 2.26. The Morgan fingerprint density at radius 1 is 1.78 bits per heavy atom. The molecule has 4 nitrogen and oxygen atoms in total. The van der Waals surface area contributed by atoms with Gasteiger partial charge in [0.15, 0.2) is 0 Å². The van der Waals surface area contributed by atoms with Crippen LogP contribution in [0.3, 0.4) is 0 Å². The van der Waals surface area contributed by atoms with E-state index in [4.69, 9.17) is 31.3 Å². The van der Waals surface area contributed by atoms with Crippen LogP contribution in [0, 0.1) is 0 Å². The van der Waals surface area contributed by atoms with E-state index in [0.717, 1.165) is 6.61 Å². The predicted octanol–water partition coefficient (Wildman–Crippen LogP) is 0.846. The van der Waals surface area contributed by atoms with Crippen molar-refractivity contribution in [2.75, 3.05) is 12.5 Å². The summed E-state index contributed by atoms with van der Waals surface area (Å²) in [7, 11) is 0. The van der Waals surface area contributed by atoms with Crippen LogP contribution in [-0.2, 0) is 4.74 Å². The second-order valence-electron chi connectivity index (χ2n) is 1.39. The molecule has 0 bridgehead atoms. The molecule has 1 heterocycles. The third kappa shape index (κ3) is 11.2. The van der Waals surface area contributed by atoms with E-state index in [-0.39, 0.29) is 0 Å². The minimum Gasteiger partial charge on any atom is -0.450 e. The molecule has 0 aliphatic carbocycles. The highest BCUT2D eigenvalue weighted by atomic mass is 35.5. The molecule has 0 saturated carbocycles. The molecule has 1 aliphatic rings. The molecular formula is C4H7ClO4. The topological polar surface area (TPSA) is 70.1 Å². The van der Waals surface area contributed by atoms with Crippen LogP contribution in [-0.4, -0.2) is 35.0 Å². The Morgan fingerprint density at radius 3 is 2.11 bits per heavy atom. The van der Waals surface area contributed by atoms with Gasteiger partial charge in [-0.15, -0.1) is 11.6 Å². The van der Waals surface area contributed by atoms with Crippen LogP contribution in [0.4, 0.5) is 4.79 Å². The number of rotatable bonds is 1. The van der Waals surface area contributed by atoms with Gasteiger partial charge in [0.1, 0.15) is 0 Å². The van der Waals surface area contributed by atoms with E-state index < -0.39 is 6.16 Å². The van der Waals surface area contributed by atoms with Gasteiger partial charge in [0.05, 0.1) is 18.6 Å². The summed E-state index contributed by atoms with van der Waals surface area (Å²) < 4.78 is 4.73. The van der Waals surface area contributed by atoms with Gasteiger partial charge in [0.25, 0.3) is 0 Å². The van der Waals surface area contributed by atoms with Crippen LogP contribution in [0.5, 0.6) is 0 Å². The van der Waals surface area contributed by atoms with E-state index in [1.54, 1.807) is 0 Å². The number of carboxylic acid groups (broad SMARTS) is 2. The van der Waals surface area contributed by atoms with E-state index >= 15 is 0 Å². The maximum Gasteiger partial charge on any atom is 0.503 e. The Morgan fingerprint density at radius 2 is 2.11 bits per heavy atom. The second-order valence-corrected chi connectivity index (χ2v) is 1.70. The molecule has 5 heteroatoms. The second kappa shape index (κ2) is 4.40. The number of hydrogen-bond acceptors (Lipinski definition) is 2. The molecule has 9 heavy (non-hydrogen) atoms. The summed E-state index contributed by atoms with van der Waals surface area (Å²) in [4.78, 5) is 8.56. The van der Waals surface area contributed by atoms with Crippen LogP contribution in [0.25, 0.3) is 0 Å². The molecule has 1 saturated heterocycles. The van der Waals surface area contributed by atoms with Crippen molar-refractivity contribution in [2.45, 2.75) is 6.10 Å². The summed E-state index contributed by atoms with van der Waals surface area (Å²) in [5, 5.41) is 13.9. The highest BCUT2D eigenvalue weighted by molar-refractivity contribution is 6.18. The third-order valence-corrected chi connectivity index (χ3v) is 0.919. The first kappa shape index (κ1) is 8.52. The summed E-state index contributed by atoms with van der Waals surface area (Å²) in [5.41, 5.74) is 0. The molecule has 0 spiro atoms. The fourth-order valence-corrected chi connectivity index (χ4v) is 0.335. The summed E-state index contributed by atoms with van der Waals surface area (Å²) in [6, 6.07) is 0. The van der Waals surface area contributed by atoms with E-state index in [9.17, 15) is 0 Å². The van der Waals surface area contributed by atoms with Crippen molar-refractivity contribution in [3.8, 4) is 0 Å². The van der Waals surface area contributed by atoms with E-state index in [2.05, 4.69) is 0 Å². The lowest BCUT2D eigenvalue weighted by Crippen LogP contribution is -1.81. The normalized spacial score (nSPS) is 21.7. The van der Waals surface area contributed by atoms with Crippen molar-refractivity contribution < 1.29 is 19.7 Å². The summed E-state index contributed by atoms with van der Waals surface area (Å²) in [5.74, 6) is 0.667. The van der Waals surface area contributed by atoms with Crippen molar-refractivity contribution in [1.82, 2.24) is 0 Å². The van der Waals surface area contributed by atoms with Crippen molar-refractivity contribution in [1.29, 1.82) is 0 Å². The quantitative estimate of drug-likeness (QED) is 0.434. The predicted molar refractivity (Wildman–Crippen MR) is 31.1 cm³/mol. The molecule has 1 unspecified atom stereocenters. The van der Waals surface area contributed by atoms with Crippen LogP contribution in [0.1, 0.15) is 0 Å². The van der Waals surface area contributed by atoms with E-state index in [1.165, 1.54) is 0 Å². The number of carbonyl (C=O) groups is 1. The zero-order valence-corrected chi connectivity index (χ0v) is 5.34. The van der Waals surface area contributed by atoms with E-state index in [0.29, 0.717) is 12.0 Å². The molecule has 0 amide bonds. The molecule has 1 rings (SSSR count). The SMILES string of the molecule is ClCC1CO1.O=C(O)O. The summed E-state index contributed by atoms with van der Waals surface area (Å²) >= 11 is 5.27. The van der Waals surface area contributed by atoms with Gasteiger partial charge in [-0.2, -0.15) is 0 Å². The number of hydrogen-bond donors (Lipinski definition) is 2. The molecular weight excluding hydrogens is 147 g/mol. The Hall–Kier alpha value is -0.480. The summed E-state index contributed by atoms with van der Waals surface area (Å²) in [6.07, 6.45) is -1.43. The number of epoxide rings is 1. The Labute approximate surface area is 57.0 Å². The van der Waals surface area contributed by atoms with Gasteiger partial charge in [0.2, 0.25) is 0 Å². The first-order valence-corrected chi connectivity index (χ1v) is 2.79. The number of halogens is 1. The third-order valence-electron chi connectivity index (χ3n) is 0.574. The first-order chi connectivity index (χ1) is 4.16. The highest BCUT2D eigenvalue weighted by Gasteiger charge is 2.19. The van der Waals surface area contributed by atoms with Crippen molar-refractivity contribution in [3.63, 3.8) is 0 Å². The standard InChI is InChI=1S/C3H5ClO.CH2O3/c4-1-3-2-5-3;2-1(3)4/h3H,1-2H2;(H2,2,3,4). The lowest BCUT2D eigenvalue weighted by atomic mass is 10.6. The average molecular weight is 155 g/mol. The van der Waals surface area contributed by atoms with Gasteiger partial charge in [0, 0.05) is 0 Å². The van der Waals surface area contributed by atoms with Crippen LogP contribution < -0.4 is 0 Å². The maximum absolute atomic E-state index is 8.56. The monoisotopic (exact) mass is 154 g/mol. The van der Waals surface area contributed by atoms with Crippen molar-refractivity contribution in [2.24, 2.45) is 0 Å². The molecule has 0 aromatic rings. The Kier molecular flexibility index (Phi) is 4.17. The van der Waals surface area contributed by atoms with Gasteiger partial charge in [-0.1, -0.05) is 0 Å². The van der Waals surface area contributed by atoms with E-state index in [1.807, 2.05) is 0 Å². The van der Waals surface area contributed by atoms with Gasteiger partial charge < -0.3 is 14.9 Å². The molecule has 0 radical (unpaired) electrons. The fourth-order valence-electron chi connectivity index (χ4n) is 0.157. The zero-order chi connectivity index (χ0) is 7.28. The molecule has 0 aromatic heterocycles. The maximum atomic E-state index is 8.56. The summed E-state index contributed by atoms with van der Waals surface area (Å²) in [6.45, 7) is 0.878. The Bertz CT molecular complexity index is 86.6. The number of alkyl halides is 1. The highest BCUT2D eigenvalue weighted by Crippen LogP contribution is 2.08. The molecule has 1 aliphatic heterocycles. The lowest BCUT2D eigenvalue weighted by Gasteiger charge is -1.67. The molecule has 1 atom stereocenters. The van der Waals surface area contributed by atoms with Gasteiger partial charge in [-0.3, -0.25) is 0 Å². The minimum atomic E-state index is -1.83. The molecule has 54 valence electrons. The molecule has 1 fully saturated rings. The zero-order valence-electron chi connectivity index (χ0n) is 4.58. The number of ether oxygens (including phenoxy) is 1. The van der Waals surface area contributed by atoms with Gasteiger partial charge in [-0.25, -0.2) is 4.79 Å². The smallest absolute Gasteiger partial charge is 0.450 e.